The minimum atomic E-state index is -0.196. The first-order valence-electron chi connectivity index (χ1n) is 5.79. The first kappa shape index (κ1) is 11.9. The molecule has 0 saturated carbocycles. The first-order chi connectivity index (χ1) is 7.61. The van der Waals surface area contributed by atoms with Gasteiger partial charge < -0.3 is 5.32 Å². The van der Waals surface area contributed by atoms with Crippen molar-refractivity contribution in [1.82, 2.24) is 5.32 Å². The van der Waals surface area contributed by atoms with Crippen LogP contribution in [-0.2, 0) is 0 Å². The van der Waals surface area contributed by atoms with E-state index < -0.39 is 0 Å². The van der Waals surface area contributed by atoms with E-state index in [-0.39, 0.29) is 11.9 Å². The summed E-state index contributed by atoms with van der Waals surface area (Å²) in [4.78, 5) is 0. The fraction of sp³-hybridized carbons (Fsp3) is 0.538. The van der Waals surface area contributed by atoms with Crippen LogP contribution in [0.15, 0.2) is 6.07 Å². The third kappa shape index (κ3) is 2.09. The van der Waals surface area contributed by atoms with Crippen molar-refractivity contribution in [3.05, 3.63) is 33.6 Å². The number of rotatable bonds is 1. The second kappa shape index (κ2) is 4.72. The van der Waals surface area contributed by atoms with Crippen LogP contribution >= 0.6 is 11.6 Å². The minimum Gasteiger partial charge on any atom is -0.310 e. The second-order valence-electron chi connectivity index (χ2n) is 4.51. The lowest BCUT2D eigenvalue weighted by molar-refractivity contribution is 0.408. The van der Waals surface area contributed by atoms with Gasteiger partial charge in [0, 0.05) is 11.1 Å². The van der Waals surface area contributed by atoms with Crippen molar-refractivity contribution in [1.29, 1.82) is 0 Å². The van der Waals surface area contributed by atoms with Crippen molar-refractivity contribution < 1.29 is 4.39 Å². The van der Waals surface area contributed by atoms with Crippen molar-refractivity contribution in [3.8, 4) is 0 Å². The summed E-state index contributed by atoms with van der Waals surface area (Å²) in [5.74, 6) is -0.196. The van der Waals surface area contributed by atoms with Crippen molar-refractivity contribution >= 4 is 11.6 Å². The SMILES string of the molecule is Cc1c(F)cc(Cl)c(C)c1C1CCCCN1. The number of hydrogen-bond donors (Lipinski definition) is 1. The van der Waals surface area contributed by atoms with Crippen LogP contribution in [0.3, 0.4) is 0 Å². The summed E-state index contributed by atoms with van der Waals surface area (Å²) in [6.45, 7) is 4.82. The Hall–Kier alpha value is -0.600. The summed E-state index contributed by atoms with van der Waals surface area (Å²) in [7, 11) is 0. The highest BCUT2D eigenvalue weighted by Gasteiger charge is 2.21. The van der Waals surface area contributed by atoms with Gasteiger partial charge in [0.1, 0.15) is 5.82 Å². The fourth-order valence-electron chi connectivity index (χ4n) is 2.49. The molecule has 1 aromatic carbocycles. The van der Waals surface area contributed by atoms with Crippen LogP contribution in [0.25, 0.3) is 0 Å². The Kier molecular flexibility index (Phi) is 3.50. The zero-order valence-corrected chi connectivity index (χ0v) is 10.5. The summed E-state index contributed by atoms with van der Waals surface area (Å²) in [5.41, 5.74) is 2.81. The van der Waals surface area contributed by atoms with Crippen LogP contribution in [0.5, 0.6) is 0 Å². The number of nitrogens with one attached hydrogen (secondary N) is 1. The van der Waals surface area contributed by atoms with E-state index in [1.54, 1.807) is 0 Å². The van der Waals surface area contributed by atoms with E-state index in [0.29, 0.717) is 5.02 Å². The van der Waals surface area contributed by atoms with Crippen LogP contribution in [0.4, 0.5) is 4.39 Å². The number of piperidine rings is 1. The molecule has 88 valence electrons. The van der Waals surface area contributed by atoms with Crippen LogP contribution in [0.1, 0.15) is 42.0 Å². The maximum Gasteiger partial charge on any atom is 0.127 e. The van der Waals surface area contributed by atoms with E-state index in [1.165, 1.54) is 18.9 Å². The monoisotopic (exact) mass is 241 g/mol. The molecule has 16 heavy (non-hydrogen) atoms. The Bertz CT molecular complexity index is 371. The molecule has 1 nitrogen and oxygen atoms in total. The van der Waals surface area contributed by atoms with Gasteiger partial charge in [-0.2, -0.15) is 0 Å². The van der Waals surface area contributed by atoms with Crippen LogP contribution in [0, 0.1) is 19.7 Å². The Labute approximate surface area is 101 Å². The van der Waals surface area contributed by atoms with E-state index in [0.717, 1.165) is 29.7 Å². The highest BCUT2D eigenvalue weighted by Crippen LogP contribution is 2.33. The summed E-state index contributed by atoms with van der Waals surface area (Å²) >= 11 is 6.04. The van der Waals surface area contributed by atoms with Gasteiger partial charge in [0.05, 0.1) is 0 Å². The maximum atomic E-state index is 13.7. The molecule has 1 atom stereocenters. The molecule has 1 aliphatic rings. The Balaban J connectivity index is 2.45. The lowest BCUT2D eigenvalue weighted by Gasteiger charge is -2.27. The highest BCUT2D eigenvalue weighted by molar-refractivity contribution is 6.31. The lowest BCUT2D eigenvalue weighted by atomic mass is 9.90. The molecule has 1 unspecified atom stereocenters. The molecule has 1 aromatic rings. The molecule has 0 aliphatic carbocycles. The van der Waals surface area contributed by atoms with Gasteiger partial charge in [-0.25, -0.2) is 4.39 Å². The van der Waals surface area contributed by atoms with Crippen LogP contribution < -0.4 is 5.32 Å². The third-order valence-corrected chi connectivity index (χ3v) is 3.83. The van der Waals surface area contributed by atoms with Crippen LogP contribution in [0.2, 0.25) is 5.02 Å². The topological polar surface area (TPSA) is 12.0 Å². The Morgan fingerprint density at radius 1 is 1.31 bits per heavy atom. The lowest BCUT2D eigenvalue weighted by Crippen LogP contribution is -2.28. The molecule has 2 rings (SSSR count). The molecule has 1 N–H and O–H groups in total. The van der Waals surface area contributed by atoms with Crippen molar-refractivity contribution in [2.24, 2.45) is 0 Å². The molecule has 0 radical (unpaired) electrons. The zero-order chi connectivity index (χ0) is 11.7. The summed E-state index contributed by atoms with van der Waals surface area (Å²) in [6, 6.07) is 1.68. The van der Waals surface area contributed by atoms with Gasteiger partial charge in [-0.15, -0.1) is 0 Å². The first-order valence-corrected chi connectivity index (χ1v) is 6.17. The Morgan fingerprint density at radius 2 is 2.06 bits per heavy atom. The van der Waals surface area contributed by atoms with Crippen LogP contribution in [-0.4, -0.2) is 6.54 Å². The molecule has 3 heteroatoms. The van der Waals surface area contributed by atoms with Gasteiger partial charge >= 0.3 is 0 Å². The smallest absolute Gasteiger partial charge is 0.127 e. The average Bonchev–Trinajstić information content (AvgIpc) is 2.28. The molecule has 0 amide bonds. The van der Waals surface area contributed by atoms with Gasteiger partial charge in [-0.1, -0.05) is 18.0 Å². The standard InChI is InChI=1S/C13H17ClFN/c1-8-10(14)7-11(15)9(2)13(8)12-5-3-4-6-16-12/h7,12,16H,3-6H2,1-2H3. The van der Waals surface area contributed by atoms with Crippen molar-refractivity contribution in [2.75, 3.05) is 6.54 Å². The van der Waals surface area contributed by atoms with E-state index in [2.05, 4.69) is 5.32 Å². The average molecular weight is 242 g/mol. The number of hydrogen-bond acceptors (Lipinski definition) is 1. The molecule has 1 fully saturated rings. The number of halogens is 2. The predicted octanol–water partition coefficient (Wildman–Crippen LogP) is 3.91. The molecule has 1 heterocycles. The molecule has 0 aromatic heterocycles. The molecule has 0 spiro atoms. The van der Waals surface area contributed by atoms with Gasteiger partial charge in [-0.05, 0) is 56.0 Å². The molecule has 1 aliphatic heterocycles. The number of benzene rings is 1. The highest BCUT2D eigenvalue weighted by atomic mass is 35.5. The van der Waals surface area contributed by atoms with Gasteiger partial charge in [-0.3, -0.25) is 0 Å². The minimum absolute atomic E-state index is 0.196. The normalized spacial score (nSPS) is 21.1. The molecule has 0 bridgehead atoms. The summed E-state index contributed by atoms with van der Waals surface area (Å²) in [5, 5.41) is 3.98. The van der Waals surface area contributed by atoms with Crippen molar-refractivity contribution in [2.45, 2.75) is 39.2 Å². The summed E-state index contributed by atoms with van der Waals surface area (Å²) in [6.07, 6.45) is 3.48. The predicted molar refractivity (Wildman–Crippen MR) is 65.5 cm³/mol. The van der Waals surface area contributed by atoms with E-state index in [4.69, 9.17) is 11.6 Å². The largest absolute Gasteiger partial charge is 0.310 e. The Morgan fingerprint density at radius 3 is 2.69 bits per heavy atom. The third-order valence-electron chi connectivity index (χ3n) is 3.44. The van der Waals surface area contributed by atoms with Crippen molar-refractivity contribution in [3.63, 3.8) is 0 Å². The molecule has 1 saturated heterocycles. The van der Waals surface area contributed by atoms with E-state index >= 15 is 0 Å². The van der Waals surface area contributed by atoms with Gasteiger partial charge in [0.15, 0.2) is 0 Å². The quantitative estimate of drug-likeness (QED) is 0.786. The molecular formula is C13H17ClFN. The van der Waals surface area contributed by atoms with Gasteiger partial charge in [0.2, 0.25) is 0 Å². The zero-order valence-electron chi connectivity index (χ0n) is 9.74. The fourth-order valence-corrected chi connectivity index (χ4v) is 2.68. The van der Waals surface area contributed by atoms with Gasteiger partial charge in [0.25, 0.3) is 0 Å². The van der Waals surface area contributed by atoms with E-state index in [1.807, 2.05) is 13.8 Å². The van der Waals surface area contributed by atoms with E-state index in [9.17, 15) is 4.39 Å². The second-order valence-corrected chi connectivity index (χ2v) is 4.91. The maximum absolute atomic E-state index is 13.7. The molecular weight excluding hydrogens is 225 g/mol. The summed E-state index contributed by atoms with van der Waals surface area (Å²) < 4.78 is 13.7.